The summed E-state index contributed by atoms with van der Waals surface area (Å²) in [5, 5.41) is 0. The Bertz CT molecular complexity index is 424. The summed E-state index contributed by atoms with van der Waals surface area (Å²) in [5.74, 6) is 0. The van der Waals surface area contributed by atoms with Gasteiger partial charge < -0.3 is 0 Å². The van der Waals surface area contributed by atoms with Crippen LogP contribution in [0.15, 0.2) is 33.6 Å². The predicted octanol–water partition coefficient (Wildman–Crippen LogP) is 3.01. The minimum absolute atomic E-state index is 0.513. The number of halogens is 4. The maximum Gasteiger partial charge on any atom is 0.427 e. The highest BCUT2D eigenvalue weighted by Gasteiger charge is 2.43. The summed E-state index contributed by atoms with van der Waals surface area (Å²) in [6.07, 6.45) is 0. The van der Waals surface area contributed by atoms with Gasteiger partial charge in [-0.1, -0.05) is 15.9 Å². The predicted molar refractivity (Wildman–Crippen MR) is 52.1 cm³/mol. The first-order chi connectivity index (χ1) is 6.25. The SMILES string of the molecule is O=S(=O)(c1ccc(Br)cc1)C(F)(F)Cl. The van der Waals surface area contributed by atoms with Crippen LogP contribution in [0.25, 0.3) is 0 Å². The molecule has 1 rings (SSSR count). The third-order valence-electron chi connectivity index (χ3n) is 1.43. The standard InChI is InChI=1S/C7H4BrClF2O2S/c8-5-1-3-6(4-2-5)14(12,13)7(9,10)11/h1-4H. The molecule has 0 spiro atoms. The van der Waals surface area contributed by atoms with Crippen LogP contribution in [0.4, 0.5) is 8.78 Å². The molecule has 0 amide bonds. The van der Waals surface area contributed by atoms with E-state index in [0.29, 0.717) is 4.47 Å². The van der Waals surface area contributed by atoms with E-state index in [4.69, 9.17) is 0 Å². The zero-order valence-corrected chi connectivity index (χ0v) is 9.70. The van der Waals surface area contributed by atoms with E-state index in [1.165, 1.54) is 12.1 Å². The number of alkyl halides is 3. The van der Waals surface area contributed by atoms with Crippen molar-refractivity contribution in [1.82, 2.24) is 0 Å². The minimum atomic E-state index is -4.78. The van der Waals surface area contributed by atoms with E-state index in [1.54, 1.807) is 0 Å². The molecule has 0 saturated heterocycles. The van der Waals surface area contributed by atoms with Crippen molar-refractivity contribution in [2.75, 3.05) is 0 Å². The van der Waals surface area contributed by atoms with Crippen molar-refractivity contribution in [2.45, 2.75) is 9.61 Å². The van der Waals surface area contributed by atoms with Gasteiger partial charge >= 0.3 is 4.71 Å². The molecule has 0 atom stereocenters. The minimum Gasteiger partial charge on any atom is -0.216 e. The first-order valence-corrected chi connectivity index (χ1v) is 5.97. The molecule has 7 heteroatoms. The second kappa shape index (κ2) is 3.75. The summed E-state index contributed by atoms with van der Waals surface area (Å²) in [7, 11) is -4.78. The van der Waals surface area contributed by atoms with Gasteiger partial charge in [0, 0.05) is 4.47 Å². The lowest BCUT2D eigenvalue weighted by atomic mass is 10.4. The van der Waals surface area contributed by atoms with Crippen molar-refractivity contribution in [3.8, 4) is 0 Å². The summed E-state index contributed by atoms with van der Waals surface area (Å²) >= 11 is 7.51. The first kappa shape index (κ1) is 11.9. The fourth-order valence-corrected chi connectivity index (χ4v) is 2.04. The maximum atomic E-state index is 12.5. The lowest BCUT2D eigenvalue weighted by molar-refractivity contribution is 0.187. The number of rotatable bonds is 2. The highest BCUT2D eigenvalue weighted by atomic mass is 79.9. The monoisotopic (exact) mass is 304 g/mol. The molecule has 0 fully saturated rings. The van der Waals surface area contributed by atoms with E-state index in [-0.39, 0.29) is 0 Å². The van der Waals surface area contributed by atoms with Gasteiger partial charge in [0.25, 0.3) is 9.84 Å². The zero-order valence-electron chi connectivity index (χ0n) is 6.55. The molecule has 14 heavy (non-hydrogen) atoms. The Kier molecular flexibility index (Phi) is 3.18. The summed E-state index contributed by atoms with van der Waals surface area (Å²) in [5.41, 5.74) is 0. The molecule has 0 unspecified atom stereocenters. The highest BCUT2D eigenvalue weighted by Crippen LogP contribution is 2.32. The molecule has 0 aromatic heterocycles. The van der Waals surface area contributed by atoms with Crippen LogP contribution in [-0.2, 0) is 9.84 Å². The van der Waals surface area contributed by atoms with Crippen molar-refractivity contribution in [3.63, 3.8) is 0 Å². The van der Waals surface area contributed by atoms with Crippen molar-refractivity contribution >= 4 is 37.4 Å². The Morgan fingerprint density at radius 3 is 2.00 bits per heavy atom. The van der Waals surface area contributed by atoms with Gasteiger partial charge in [-0.05, 0) is 35.9 Å². The van der Waals surface area contributed by atoms with Gasteiger partial charge in [-0.2, -0.15) is 8.78 Å². The molecule has 0 aliphatic rings. The molecular formula is C7H4BrClF2O2S. The number of benzene rings is 1. The van der Waals surface area contributed by atoms with Crippen LogP contribution in [0.3, 0.4) is 0 Å². The van der Waals surface area contributed by atoms with Gasteiger partial charge in [-0.3, -0.25) is 0 Å². The molecule has 0 bridgehead atoms. The summed E-state index contributed by atoms with van der Waals surface area (Å²) in [6.45, 7) is 0. The van der Waals surface area contributed by atoms with E-state index in [2.05, 4.69) is 27.5 Å². The van der Waals surface area contributed by atoms with Crippen LogP contribution in [0.5, 0.6) is 0 Å². The van der Waals surface area contributed by atoms with Crippen molar-refractivity contribution in [1.29, 1.82) is 0 Å². The second-order valence-electron chi connectivity index (χ2n) is 2.40. The van der Waals surface area contributed by atoms with Crippen molar-refractivity contribution < 1.29 is 17.2 Å². The third kappa shape index (κ3) is 2.24. The molecular weight excluding hydrogens is 301 g/mol. The fraction of sp³-hybridized carbons (Fsp3) is 0.143. The average molecular weight is 306 g/mol. The summed E-state index contributed by atoms with van der Waals surface area (Å²) in [6, 6.07) is 4.79. The lowest BCUT2D eigenvalue weighted by Crippen LogP contribution is -2.21. The lowest BCUT2D eigenvalue weighted by Gasteiger charge is -2.08. The molecule has 0 saturated carbocycles. The highest BCUT2D eigenvalue weighted by molar-refractivity contribution is 9.10. The van der Waals surface area contributed by atoms with Crippen LogP contribution < -0.4 is 0 Å². The number of sulfone groups is 1. The fourth-order valence-electron chi connectivity index (χ4n) is 0.747. The van der Waals surface area contributed by atoms with Gasteiger partial charge in [0.15, 0.2) is 0 Å². The van der Waals surface area contributed by atoms with Crippen LogP contribution >= 0.6 is 27.5 Å². The summed E-state index contributed by atoms with van der Waals surface area (Å²) in [4.78, 5) is -0.513. The largest absolute Gasteiger partial charge is 0.427 e. The molecule has 1 aromatic carbocycles. The Morgan fingerprint density at radius 2 is 1.64 bits per heavy atom. The molecule has 1 aromatic rings. The van der Waals surface area contributed by atoms with E-state index in [0.717, 1.165) is 12.1 Å². The Balaban J connectivity index is 3.25. The second-order valence-corrected chi connectivity index (χ2v) is 6.01. The van der Waals surface area contributed by atoms with Gasteiger partial charge in [-0.15, -0.1) is 0 Å². The summed E-state index contributed by atoms with van der Waals surface area (Å²) < 4.78 is 43.4. The molecule has 0 N–H and O–H groups in total. The topological polar surface area (TPSA) is 34.1 Å². The number of hydrogen-bond donors (Lipinski definition) is 0. The Labute approximate surface area is 92.9 Å². The molecule has 0 aliphatic carbocycles. The molecule has 2 nitrogen and oxygen atoms in total. The van der Waals surface area contributed by atoms with Crippen LogP contribution in [0, 0.1) is 0 Å². The van der Waals surface area contributed by atoms with Crippen LogP contribution in [0.2, 0.25) is 0 Å². The van der Waals surface area contributed by atoms with E-state index in [9.17, 15) is 17.2 Å². The molecule has 78 valence electrons. The van der Waals surface area contributed by atoms with Crippen LogP contribution in [-0.4, -0.2) is 13.1 Å². The quantitative estimate of drug-likeness (QED) is 0.787. The normalized spacial score (nSPS) is 12.9. The average Bonchev–Trinajstić information content (AvgIpc) is 2.03. The van der Waals surface area contributed by atoms with E-state index >= 15 is 0 Å². The Morgan fingerprint density at radius 1 is 1.21 bits per heavy atom. The van der Waals surface area contributed by atoms with Gasteiger partial charge in [0.05, 0.1) is 4.90 Å². The Hall–Kier alpha value is -0.200. The first-order valence-electron chi connectivity index (χ1n) is 3.32. The van der Waals surface area contributed by atoms with Gasteiger partial charge in [0.1, 0.15) is 0 Å². The molecule has 0 aliphatic heterocycles. The molecule has 0 heterocycles. The van der Waals surface area contributed by atoms with Gasteiger partial charge in [-0.25, -0.2) is 8.42 Å². The molecule has 0 radical (unpaired) electrons. The van der Waals surface area contributed by atoms with Crippen molar-refractivity contribution in [3.05, 3.63) is 28.7 Å². The van der Waals surface area contributed by atoms with Crippen LogP contribution in [0.1, 0.15) is 0 Å². The zero-order chi connectivity index (χ0) is 11.0. The third-order valence-corrected chi connectivity index (χ3v) is 4.07. The van der Waals surface area contributed by atoms with E-state index < -0.39 is 19.4 Å². The van der Waals surface area contributed by atoms with Crippen molar-refractivity contribution in [2.24, 2.45) is 0 Å². The number of hydrogen-bond acceptors (Lipinski definition) is 2. The van der Waals surface area contributed by atoms with E-state index in [1.807, 2.05) is 0 Å². The van der Waals surface area contributed by atoms with Gasteiger partial charge in [0.2, 0.25) is 0 Å². The smallest absolute Gasteiger partial charge is 0.216 e. The maximum absolute atomic E-state index is 12.5.